The van der Waals surface area contributed by atoms with Crippen LogP contribution in [0.1, 0.15) is 32.7 Å². The van der Waals surface area contributed by atoms with Crippen molar-refractivity contribution in [2.24, 2.45) is 5.10 Å². The van der Waals surface area contributed by atoms with Gasteiger partial charge in [0.1, 0.15) is 6.61 Å². The molecule has 1 N–H and O–H groups in total. The monoisotopic (exact) mass is 607 g/mol. The van der Waals surface area contributed by atoms with Crippen molar-refractivity contribution in [3.8, 4) is 28.4 Å². The average molecular weight is 609 g/mol. The first-order chi connectivity index (χ1) is 19.9. The number of amides is 1. The molecule has 1 amide bonds. The van der Waals surface area contributed by atoms with Gasteiger partial charge in [0, 0.05) is 16.9 Å². The van der Waals surface area contributed by atoms with Crippen LogP contribution in [0.5, 0.6) is 11.5 Å². The van der Waals surface area contributed by atoms with Crippen molar-refractivity contribution >= 4 is 28.1 Å². The molecule has 0 radical (unpaired) electrons. The van der Waals surface area contributed by atoms with E-state index in [1.165, 1.54) is 5.56 Å². The van der Waals surface area contributed by atoms with E-state index in [9.17, 15) is 4.79 Å². The Morgan fingerprint density at radius 1 is 0.927 bits per heavy atom. The van der Waals surface area contributed by atoms with Crippen molar-refractivity contribution in [1.29, 1.82) is 0 Å². The minimum absolute atomic E-state index is 0.301. The van der Waals surface area contributed by atoms with Crippen LogP contribution >= 0.6 is 15.9 Å². The number of benzene rings is 4. The first kappa shape index (κ1) is 27.9. The Morgan fingerprint density at radius 2 is 1.71 bits per heavy atom. The summed E-state index contributed by atoms with van der Waals surface area (Å²) < 4.78 is 14.5. The smallest absolute Gasteiger partial charge is 0.271 e. The number of carbonyl (C=O) groups is 1. The van der Waals surface area contributed by atoms with Gasteiger partial charge in [0.25, 0.3) is 5.91 Å². The predicted molar refractivity (Wildman–Crippen MR) is 167 cm³/mol. The molecule has 7 heteroatoms. The van der Waals surface area contributed by atoms with Gasteiger partial charge in [-0.15, -0.1) is 0 Å². The van der Waals surface area contributed by atoms with Crippen LogP contribution in [0.4, 0.5) is 0 Å². The Morgan fingerprint density at radius 3 is 2.44 bits per heavy atom. The highest BCUT2D eigenvalue weighted by atomic mass is 79.9. The number of aryl methyl sites for hydroxylation is 2. The molecule has 5 rings (SSSR count). The second-order valence-corrected chi connectivity index (χ2v) is 10.5. The first-order valence-electron chi connectivity index (χ1n) is 13.2. The van der Waals surface area contributed by atoms with Gasteiger partial charge in [-0.2, -0.15) is 5.10 Å². The van der Waals surface area contributed by atoms with Crippen LogP contribution in [0.2, 0.25) is 0 Å². The van der Waals surface area contributed by atoms with Gasteiger partial charge in [0.2, 0.25) is 0 Å². The second kappa shape index (κ2) is 12.7. The average Bonchev–Trinajstić information content (AvgIpc) is 3.38. The number of hydrogen-bond acceptors (Lipinski definition) is 4. The molecule has 0 fully saturated rings. The van der Waals surface area contributed by atoms with Gasteiger partial charge in [0.15, 0.2) is 11.5 Å². The normalized spacial score (nSPS) is 11.0. The fourth-order valence-corrected chi connectivity index (χ4v) is 5.19. The summed E-state index contributed by atoms with van der Waals surface area (Å²) in [5.74, 6) is 0.860. The van der Waals surface area contributed by atoms with Crippen LogP contribution in [0.15, 0.2) is 113 Å². The molecular formula is C34H30BrN3O3. The van der Waals surface area contributed by atoms with Crippen LogP contribution in [-0.2, 0) is 6.61 Å². The van der Waals surface area contributed by atoms with E-state index >= 15 is 0 Å². The zero-order valence-corrected chi connectivity index (χ0v) is 24.7. The van der Waals surface area contributed by atoms with Crippen LogP contribution in [-0.4, -0.2) is 23.8 Å². The van der Waals surface area contributed by atoms with Crippen molar-refractivity contribution in [3.05, 3.63) is 136 Å². The quantitative estimate of drug-likeness (QED) is 0.137. The van der Waals surface area contributed by atoms with E-state index in [0.717, 1.165) is 38.2 Å². The zero-order chi connectivity index (χ0) is 28.8. The number of carbonyl (C=O) groups excluding carboxylic acids is 1. The fraction of sp³-hybridized carbons (Fsp3) is 0.118. The lowest BCUT2D eigenvalue weighted by molar-refractivity contribution is 0.0955. The van der Waals surface area contributed by atoms with E-state index in [1.54, 1.807) is 25.5 Å². The highest BCUT2D eigenvalue weighted by Crippen LogP contribution is 2.37. The molecule has 206 valence electrons. The molecule has 0 aliphatic carbocycles. The van der Waals surface area contributed by atoms with Crippen molar-refractivity contribution in [3.63, 3.8) is 0 Å². The predicted octanol–water partition coefficient (Wildman–Crippen LogP) is 7.88. The van der Waals surface area contributed by atoms with E-state index in [-0.39, 0.29) is 5.91 Å². The molecule has 1 aromatic heterocycles. The molecule has 0 spiro atoms. The molecular weight excluding hydrogens is 578 g/mol. The maximum Gasteiger partial charge on any atom is 0.271 e. The molecule has 4 aromatic carbocycles. The number of methoxy groups -OCH3 is 1. The third-order valence-electron chi connectivity index (χ3n) is 6.63. The SMILES string of the molecule is COc1cc(/C=N/NC(=O)c2ccc(-n3c(C)ccc3-c3ccccc3)cc2)cc(Br)c1OCc1cccc(C)c1. The number of rotatable bonds is 9. The third-order valence-corrected chi connectivity index (χ3v) is 7.22. The first-order valence-corrected chi connectivity index (χ1v) is 14.0. The van der Waals surface area contributed by atoms with Crippen LogP contribution in [0, 0.1) is 13.8 Å². The maximum atomic E-state index is 12.8. The summed E-state index contributed by atoms with van der Waals surface area (Å²) >= 11 is 3.58. The maximum absolute atomic E-state index is 12.8. The Kier molecular flexibility index (Phi) is 8.65. The molecule has 41 heavy (non-hydrogen) atoms. The minimum atomic E-state index is -0.301. The van der Waals surface area contributed by atoms with Gasteiger partial charge in [-0.3, -0.25) is 4.79 Å². The topological polar surface area (TPSA) is 64.8 Å². The van der Waals surface area contributed by atoms with Gasteiger partial charge < -0.3 is 14.0 Å². The highest BCUT2D eigenvalue weighted by Gasteiger charge is 2.13. The number of nitrogens with one attached hydrogen (secondary N) is 1. The van der Waals surface area contributed by atoms with Gasteiger partial charge >= 0.3 is 0 Å². The Balaban J connectivity index is 1.25. The molecule has 0 saturated carbocycles. The molecule has 6 nitrogen and oxygen atoms in total. The summed E-state index contributed by atoms with van der Waals surface area (Å²) in [4.78, 5) is 12.8. The molecule has 0 aliphatic heterocycles. The van der Waals surface area contributed by atoms with E-state index in [1.807, 2.05) is 67.6 Å². The summed E-state index contributed by atoms with van der Waals surface area (Å²) in [6.07, 6.45) is 1.57. The van der Waals surface area contributed by atoms with Crippen LogP contribution in [0.3, 0.4) is 0 Å². The minimum Gasteiger partial charge on any atom is -0.493 e. The summed E-state index contributed by atoms with van der Waals surface area (Å²) in [6, 6.07) is 33.8. The number of halogens is 1. The van der Waals surface area contributed by atoms with Crippen molar-refractivity contribution < 1.29 is 14.3 Å². The fourth-order valence-electron chi connectivity index (χ4n) is 4.62. The Labute approximate surface area is 248 Å². The lowest BCUT2D eigenvalue weighted by Gasteiger charge is -2.14. The Bertz CT molecular complexity index is 1690. The summed E-state index contributed by atoms with van der Waals surface area (Å²) in [6.45, 7) is 4.53. The molecule has 0 saturated heterocycles. The summed E-state index contributed by atoms with van der Waals surface area (Å²) in [7, 11) is 1.59. The van der Waals surface area contributed by atoms with E-state index < -0.39 is 0 Å². The van der Waals surface area contributed by atoms with Crippen molar-refractivity contribution in [1.82, 2.24) is 9.99 Å². The number of ether oxygens (including phenoxy) is 2. The number of hydrogen-bond donors (Lipinski definition) is 1. The molecule has 0 atom stereocenters. The third kappa shape index (κ3) is 6.58. The molecule has 0 aliphatic rings. The molecule has 0 unspecified atom stereocenters. The lowest BCUT2D eigenvalue weighted by Crippen LogP contribution is -2.17. The van der Waals surface area contributed by atoms with Gasteiger partial charge in [0.05, 0.1) is 23.5 Å². The summed E-state index contributed by atoms with van der Waals surface area (Å²) in [5, 5.41) is 4.16. The largest absolute Gasteiger partial charge is 0.493 e. The summed E-state index contributed by atoms with van der Waals surface area (Å²) in [5.41, 5.74) is 10.4. The van der Waals surface area contributed by atoms with E-state index in [4.69, 9.17) is 9.47 Å². The Hall–Kier alpha value is -4.62. The lowest BCUT2D eigenvalue weighted by atomic mass is 10.1. The second-order valence-electron chi connectivity index (χ2n) is 9.62. The molecule has 5 aromatic rings. The van der Waals surface area contributed by atoms with Crippen molar-refractivity contribution in [2.75, 3.05) is 7.11 Å². The molecule has 0 bridgehead atoms. The highest BCUT2D eigenvalue weighted by molar-refractivity contribution is 9.10. The zero-order valence-electron chi connectivity index (χ0n) is 23.1. The van der Waals surface area contributed by atoms with Gasteiger partial charge in [-0.05, 0) is 95.0 Å². The van der Waals surface area contributed by atoms with E-state index in [0.29, 0.717) is 23.7 Å². The number of nitrogens with zero attached hydrogens (tertiary/aromatic N) is 2. The standard InChI is InChI=1S/C34H30BrN3O3/c1-23-8-7-9-25(18-23)22-41-33-30(35)19-26(20-32(33)40-3)21-36-37-34(39)28-13-15-29(16-14-28)38-24(2)12-17-31(38)27-10-5-4-6-11-27/h4-21H,22H2,1-3H3,(H,37,39)/b36-21+. The van der Waals surface area contributed by atoms with Gasteiger partial charge in [-0.1, -0.05) is 60.2 Å². The van der Waals surface area contributed by atoms with Crippen LogP contribution < -0.4 is 14.9 Å². The van der Waals surface area contributed by atoms with Crippen molar-refractivity contribution in [2.45, 2.75) is 20.5 Å². The number of hydrazone groups is 1. The van der Waals surface area contributed by atoms with Gasteiger partial charge in [-0.25, -0.2) is 5.43 Å². The van der Waals surface area contributed by atoms with Crippen LogP contribution in [0.25, 0.3) is 16.9 Å². The van der Waals surface area contributed by atoms with E-state index in [2.05, 4.69) is 68.3 Å². The molecule has 1 heterocycles. The number of aromatic nitrogens is 1.